The first kappa shape index (κ1) is 24.5. The largest absolute Gasteiger partial charge is 0.461 e. The molecule has 1 unspecified atom stereocenters. The molecule has 0 amide bonds. The van der Waals surface area contributed by atoms with E-state index in [1.165, 1.54) is 32.1 Å². The van der Waals surface area contributed by atoms with E-state index in [1.54, 1.807) is 0 Å². The van der Waals surface area contributed by atoms with Crippen molar-refractivity contribution in [1.29, 1.82) is 0 Å². The van der Waals surface area contributed by atoms with E-state index in [-0.39, 0.29) is 12.1 Å². The fraction of sp³-hybridized carbons (Fsp3) is 0.760. The summed E-state index contributed by atoms with van der Waals surface area (Å²) >= 11 is 3.82. The van der Waals surface area contributed by atoms with E-state index in [2.05, 4.69) is 20.8 Å². The lowest BCUT2D eigenvalue weighted by Gasteiger charge is -2.44. The Morgan fingerprint density at radius 3 is 2.35 bits per heavy atom. The van der Waals surface area contributed by atoms with Crippen LogP contribution in [0.2, 0.25) is 0 Å². The molecule has 0 bridgehead atoms. The van der Waals surface area contributed by atoms with Gasteiger partial charge in [-0.25, -0.2) is 4.79 Å². The number of halogens is 1. The van der Waals surface area contributed by atoms with Gasteiger partial charge >= 0.3 is 5.97 Å². The number of anilines is 1. The molecule has 1 aromatic rings. The zero-order valence-electron chi connectivity index (χ0n) is 20.3. The van der Waals surface area contributed by atoms with Crippen LogP contribution in [0.3, 0.4) is 0 Å². The number of carbonyl (C=O) groups excluding carboxylic acids is 1. The number of hydrogen-bond acceptors (Lipinski definition) is 5. The van der Waals surface area contributed by atoms with Gasteiger partial charge in [0.25, 0.3) is 0 Å². The van der Waals surface area contributed by atoms with Crippen molar-refractivity contribution in [2.24, 2.45) is 11.8 Å². The summed E-state index contributed by atoms with van der Waals surface area (Å²) in [5.74, 6) is 1.21. The number of hydrogen-bond donors (Lipinski definition) is 0. The Hall–Kier alpha value is -1.14. The number of esters is 1. The van der Waals surface area contributed by atoms with E-state index in [0.717, 1.165) is 52.0 Å². The van der Waals surface area contributed by atoms with Gasteiger partial charge in [-0.2, -0.15) is 0 Å². The molecule has 5 nitrogen and oxygen atoms in total. The molecule has 3 rings (SSSR count). The minimum atomic E-state index is -0.814. The maximum atomic E-state index is 13.2. The maximum Gasteiger partial charge on any atom is 0.340 e. The molecule has 0 radical (unpaired) electrons. The highest BCUT2D eigenvalue weighted by atomic mass is 79.9. The zero-order chi connectivity index (χ0) is 22.9. The molecule has 0 N–H and O–H groups in total. The second kappa shape index (κ2) is 9.78. The summed E-state index contributed by atoms with van der Waals surface area (Å²) < 4.78 is 12.9. The summed E-state index contributed by atoms with van der Waals surface area (Å²) in [7, 11) is 0. The van der Waals surface area contributed by atoms with Crippen LogP contribution in [0.25, 0.3) is 0 Å². The standard InChI is InChI=1S/C25H39BrN2O3/c1-15(2)30-24(29)23(31-25(5,6)7)20-16(3)27-17(4)21(26)22(20)28-13-12-18-10-8-9-11-19(18)14-28/h15,18-19,23H,8-14H2,1-7H3/t18-,19+,23?/m1/s1. The van der Waals surface area contributed by atoms with Gasteiger partial charge in [0, 0.05) is 24.3 Å². The molecule has 0 aromatic carbocycles. The van der Waals surface area contributed by atoms with Crippen LogP contribution >= 0.6 is 15.9 Å². The van der Waals surface area contributed by atoms with E-state index in [1.807, 2.05) is 48.5 Å². The Kier molecular flexibility index (Phi) is 7.73. The van der Waals surface area contributed by atoms with Crippen LogP contribution in [0.1, 0.15) is 89.8 Å². The number of carbonyl (C=O) groups is 1. The summed E-state index contributed by atoms with van der Waals surface area (Å²) in [6, 6.07) is 0. The number of ether oxygens (including phenoxy) is 2. The molecule has 0 spiro atoms. The molecule has 1 saturated carbocycles. The first-order valence-corrected chi connectivity index (χ1v) is 12.6. The van der Waals surface area contributed by atoms with Gasteiger partial charge in [-0.3, -0.25) is 4.98 Å². The Bertz CT molecular complexity index is 803. The molecular weight excluding hydrogens is 456 g/mol. The predicted molar refractivity (Wildman–Crippen MR) is 128 cm³/mol. The second-order valence-corrected chi connectivity index (χ2v) is 11.3. The first-order chi connectivity index (χ1) is 14.5. The summed E-state index contributed by atoms with van der Waals surface area (Å²) in [5, 5.41) is 0. The summed E-state index contributed by atoms with van der Waals surface area (Å²) in [4.78, 5) is 20.5. The van der Waals surface area contributed by atoms with Crippen molar-refractivity contribution in [2.75, 3.05) is 18.0 Å². The zero-order valence-corrected chi connectivity index (χ0v) is 21.8. The number of piperidine rings is 1. The molecule has 174 valence electrons. The van der Waals surface area contributed by atoms with E-state index < -0.39 is 11.7 Å². The molecule has 1 aromatic heterocycles. The van der Waals surface area contributed by atoms with E-state index >= 15 is 0 Å². The fourth-order valence-corrected chi connectivity index (χ4v) is 5.67. The lowest BCUT2D eigenvalue weighted by Crippen LogP contribution is -2.43. The number of nitrogens with zero attached hydrogens (tertiary/aromatic N) is 2. The van der Waals surface area contributed by atoms with Gasteiger partial charge in [0.15, 0.2) is 6.10 Å². The van der Waals surface area contributed by atoms with Gasteiger partial charge in [0.2, 0.25) is 0 Å². The molecule has 6 heteroatoms. The third-order valence-corrected chi connectivity index (χ3v) is 7.36. The highest BCUT2D eigenvalue weighted by molar-refractivity contribution is 9.10. The van der Waals surface area contributed by atoms with E-state index in [9.17, 15) is 4.79 Å². The highest BCUT2D eigenvalue weighted by Gasteiger charge is 2.38. The molecule has 2 fully saturated rings. The topological polar surface area (TPSA) is 51.7 Å². The van der Waals surface area contributed by atoms with Crippen LogP contribution in [0, 0.1) is 25.7 Å². The molecule has 1 saturated heterocycles. The van der Waals surface area contributed by atoms with Gasteiger partial charge in [0.05, 0.1) is 27.6 Å². The lowest BCUT2D eigenvalue weighted by atomic mass is 9.75. The molecule has 2 aliphatic rings. The Morgan fingerprint density at radius 2 is 1.74 bits per heavy atom. The summed E-state index contributed by atoms with van der Waals surface area (Å²) in [5.41, 5.74) is 3.17. The van der Waals surface area contributed by atoms with Gasteiger partial charge in [-0.05, 0) is 89.1 Å². The molecular formula is C25H39BrN2O3. The molecule has 3 atom stereocenters. The van der Waals surface area contributed by atoms with Crippen molar-refractivity contribution < 1.29 is 14.3 Å². The fourth-order valence-electron chi connectivity index (χ4n) is 5.12. The second-order valence-electron chi connectivity index (χ2n) is 10.5. The number of pyridine rings is 1. The monoisotopic (exact) mass is 494 g/mol. The molecule has 1 aliphatic heterocycles. The van der Waals surface area contributed by atoms with Crippen LogP contribution in [-0.4, -0.2) is 35.7 Å². The smallest absolute Gasteiger partial charge is 0.340 e. The normalized spacial score (nSPS) is 22.9. The molecule has 2 heterocycles. The average Bonchev–Trinajstić information content (AvgIpc) is 2.67. The quantitative estimate of drug-likeness (QED) is 0.450. The van der Waals surface area contributed by atoms with Crippen LogP contribution in [0.4, 0.5) is 5.69 Å². The van der Waals surface area contributed by atoms with Gasteiger partial charge < -0.3 is 14.4 Å². The first-order valence-electron chi connectivity index (χ1n) is 11.8. The van der Waals surface area contributed by atoms with Crippen molar-refractivity contribution in [2.45, 2.75) is 98.4 Å². The van der Waals surface area contributed by atoms with Crippen LogP contribution in [-0.2, 0) is 14.3 Å². The van der Waals surface area contributed by atoms with Crippen LogP contribution in [0.15, 0.2) is 4.47 Å². The lowest BCUT2D eigenvalue weighted by molar-refractivity contribution is -0.171. The summed E-state index contributed by atoms with van der Waals surface area (Å²) in [6.07, 6.45) is 5.54. The van der Waals surface area contributed by atoms with Crippen molar-refractivity contribution in [3.05, 3.63) is 21.4 Å². The van der Waals surface area contributed by atoms with Crippen molar-refractivity contribution in [3.8, 4) is 0 Å². The minimum absolute atomic E-state index is 0.206. The average molecular weight is 496 g/mol. The number of rotatable bonds is 5. The third kappa shape index (κ3) is 5.81. The third-order valence-electron chi connectivity index (χ3n) is 6.41. The number of aryl methyl sites for hydroxylation is 2. The molecule has 1 aliphatic carbocycles. The van der Waals surface area contributed by atoms with Crippen molar-refractivity contribution >= 4 is 27.6 Å². The maximum absolute atomic E-state index is 13.2. The van der Waals surface area contributed by atoms with Crippen LogP contribution < -0.4 is 4.90 Å². The number of fused-ring (bicyclic) bond motifs is 1. The summed E-state index contributed by atoms with van der Waals surface area (Å²) in [6.45, 7) is 15.7. The highest BCUT2D eigenvalue weighted by Crippen LogP contribution is 2.44. The molecule has 31 heavy (non-hydrogen) atoms. The predicted octanol–water partition coefficient (Wildman–Crippen LogP) is 6.29. The Labute approximate surface area is 196 Å². The number of aromatic nitrogens is 1. The minimum Gasteiger partial charge on any atom is -0.461 e. The Balaban J connectivity index is 2.07. The van der Waals surface area contributed by atoms with E-state index in [0.29, 0.717) is 0 Å². The van der Waals surface area contributed by atoms with E-state index in [4.69, 9.17) is 14.5 Å². The Morgan fingerprint density at radius 1 is 1.10 bits per heavy atom. The SMILES string of the molecule is Cc1nc(C)c(C(OC(C)(C)C)C(=O)OC(C)C)c(N2CC[C@H]3CCCC[C@H]3C2)c1Br. The van der Waals surface area contributed by atoms with Crippen molar-refractivity contribution in [1.82, 2.24) is 4.98 Å². The van der Waals surface area contributed by atoms with Gasteiger partial charge in [-0.15, -0.1) is 0 Å². The van der Waals surface area contributed by atoms with Crippen molar-refractivity contribution in [3.63, 3.8) is 0 Å². The van der Waals surface area contributed by atoms with Gasteiger partial charge in [-0.1, -0.05) is 19.3 Å². The van der Waals surface area contributed by atoms with Crippen LogP contribution in [0.5, 0.6) is 0 Å². The van der Waals surface area contributed by atoms with Gasteiger partial charge in [0.1, 0.15) is 0 Å².